The van der Waals surface area contributed by atoms with Gasteiger partial charge < -0.3 is 30.1 Å². The molecule has 0 fully saturated rings. The third kappa shape index (κ3) is 8.43. The van der Waals surface area contributed by atoms with E-state index in [4.69, 9.17) is 9.47 Å². The van der Waals surface area contributed by atoms with E-state index >= 15 is 0 Å². The average molecular weight is 614 g/mol. The van der Waals surface area contributed by atoms with Crippen LogP contribution in [0.3, 0.4) is 0 Å². The zero-order valence-electron chi connectivity index (χ0n) is 26.0. The molecule has 240 valence electrons. The van der Waals surface area contributed by atoms with Crippen molar-refractivity contribution in [3.05, 3.63) is 76.9 Å². The molecule has 0 aromatic heterocycles. The first kappa shape index (κ1) is 33.6. The van der Waals surface area contributed by atoms with Crippen LogP contribution >= 0.6 is 0 Å². The number of likely N-dealkylation sites (N-methyl/N-ethyl adjacent to an activating group) is 1. The maximum Gasteiger partial charge on any atom is 0.243 e. The van der Waals surface area contributed by atoms with Gasteiger partial charge in [-0.2, -0.15) is 0 Å². The van der Waals surface area contributed by atoms with Gasteiger partial charge in [0.15, 0.2) is 0 Å². The number of nitrogens with one attached hydrogen (secondary N) is 2. The van der Waals surface area contributed by atoms with E-state index in [-0.39, 0.29) is 43.4 Å². The van der Waals surface area contributed by atoms with Gasteiger partial charge >= 0.3 is 0 Å². The summed E-state index contributed by atoms with van der Waals surface area (Å²) < 4.78 is 39.8. The molecule has 2 bridgehead atoms. The Morgan fingerprint density at radius 3 is 2.61 bits per heavy atom. The molecule has 6 atom stereocenters. The number of nitrogens with zero attached hydrogens (tertiary/aromatic N) is 1. The van der Waals surface area contributed by atoms with Crippen LogP contribution in [0.15, 0.2) is 48.6 Å². The number of aliphatic hydroxyl groups excluding tert-OH is 1. The van der Waals surface area contributed by atoms with Crippen LogP contribution in [0.2, 0.25) is 0 Å². The molecule has 44 heavy (non-hydrogen) atoms. The highest BCUT2D eigenvalue weighted by molar-refractivity contribution is 5.88. The molecule has 1 unspecified atom stereocenters. The number of amides is 2. The lowest BCUT2D eigenvalue weighted by molar-refractivity contribution is -0.142. The Hall–Kier alpha value is -3.34. The Morgan fingerprint density at radius 2 is 1.91 bits per heavy atom. The molecule has 8 nitrogen and oxygen atoms in total. The average Bonchev–Trinajstić information content (AvgIpc) is 3.34. The van der Waals surface area contributed by atoms with E-state index in [2.05, 4.69) is 17.6 Å². The monoisotopic (exact) mass is 613 g/mol. The third-order valence-electron chi connectivity index (χ3n) is 8.66. The summed E-state index contributed by atoms with van der Waals surface area (Å²) in [6.45, 7) is 4.33. The van der Waals surface area contributed by atoms with Gasteiger partial charge in [0.2, 0.25) is 11.8 Å². The molecule has 2 aromatic rings. The summed E-state index contributed by atoms with van der Waals surface area (Å²) in [5.41, 5.74) is 2.33. The normalized spacial score (nSPS) is 24.9. The van der Waals surface area contributed by atoms with Crippen LogP contribution < -0.4 is 15.4 Å². The lowest BCUT2D eigenvalue weighted by Gasteiger charge is -2.32. The predicted octanol–water partition coefficient (Wildman–Crippen LogP) is 4.77. The third-order valence-corrected chi connectivity index (χ3v) is 8.66. The van der Waals surface area contributed by atoms with Gasteiger partial charge in [0.1, 0.15) is 23.4 Å². The second kappa shape index (κ2) is 15.6. The molecule has 3 N–H and O–H groups in total. The number of β-amino-alcohol motifs (C(OH)–C–C–N with tert-alkyl or cyclic N) is 1. The van der Waals surface area contributed by atoms with E-state index in [0.717, 1.165) is 30.0 Å². The van der Waals surface area contributed by atoms with Gasteiger partial charge in [-0.15, -0.1) is 0 Å². The molecule has 10 heteroatoms. The fraction of sp³-hybridized carbons (Fsp3) is 0.529. The summed E-state index contributed by atoms with van der Waals surface area (Å²) in [5, 5.41) is 17.8. The number of rotatable bonds is 8. The van der Waals surface area contributed by atoms with Crippen molar-refractivity contribution in [2.45, 2.75) is 82.7 Å². The number of hydrogen-bond donors (Lipinski definition) is 3. The van der Waals surface area contributed by atoms with Gasteiger partial charge in [0.25, 0.3) is 0 Å². The molecule has 0 saturated heterocycles. The fourth-order valence-electron chi connectivity index (χ4n) is 6.09. The molecule has 0 spiro atoms. The molecular formula is C34H45F2N3O5. The second-order valence-electron chi connectivity index (χ2n) is 11.9. The Morgan fingerprint density at radius 1 is 1.16 bits per heavy atom. The predicted molar refractivity (Wildman–Crippen MR) is 164 cm³/mol. The van der Waals surface area contributed by atoms with Gasteiger partial charge in [0, 0.05) is 31.6 Å². The smallest absolute Gasteiger partial charge is 0.243 e. The largest absolute Gasteiger partial charge is 0.497 e. The van der Waals surface area contributed by atoms with Crippen molar-refractivity contribution in [3.63, 3.8) is 0 Å². The Bertz CT molecular complexity index is 1300. The van der Waals surface area contributed by atoms with Crippen LogP contribution in [0.4, 0.5) is 8.78 Å². The molecular weight excluding hydrogens is 568 g/mol. The van der Waals surface area contributed by atoms with Gasteiger partial charge in [-0.25, -0.2) is 8.78 Å². The topological polar surface area (TPSA) is 100 Å². The van der Waals surface area contributed by atoms with Gasteiger partial charge in [0.05, 0.1) is 32.0 Å². The van der Waals surface area contributed by atoms with Crippen molar-refractivity contribution in [1.29, 1.82) is 0 Å². The van der Waals surface area contributed by atoms with Crippen molar-refractivity contribution >= 4 is 11.8 Å². The number of benzene rings is 2. The number of carbonyl (C=O) groups excluding carboxylic acids is 2. The lowest BCUT2D eigenvalue weighted by Crippen LogP contribution is -2.55. The standard InChI is InChI=1S/C34H45F2N3O5/c1-5-6-9-21(2)34(42)39(3)30-10-7-8-13-44-32-19-28(27-18-25(43-4)11-12-26(27)32)37-20-31(40)29(38-33(30)41)16-22-14-23(35)17-24(36)15-22/h7-8,11-12,14-15,17-18,21,28-32,37,40H,5-6,9-10,13,16,19-20H2,1-4H3,(H,38,41)/t21?,28-,29-,30-,31+,32+/m0/s1. The molecule has 1 aliphatic carbocycles. The van der Waals surface area contributed by atoms with Crippen molar-refractivity contribution in [1.82, 2.24) is 15.5 Å². The molecule has 2 aliphatic rings. The first-order chi connectivity index (χ1) is 21.1. The maximum absolute atomic E-state index is 14.1. The quantitative estimate of drug-likeness (QED) is 0.371. The number of ether oxygens (including phenoxy) is 2. The van der Waals surface area contributed by atoms with Crippen LogP contribution in [0.5, 0.6) is 5.75 Å². The molecule has 4 rings (SSSR count). The fourth-order valence-corrected chi connectivity index (χ4v) is 6.09. The van der Waals surface area contributed by atoms with Crippen molar-refractivity contribution in [3.8, 4) is 5.75 Å². The number of carbonyl (C=O) groups is 2. The van der Waals surface area contributed by atoms with Crippen LogP contribution in [-0.4, -0.2) is 67.3 Å². The minimum absolute atomic E-state index is 0.0167. The van der Waals surface area contributed by atoms with E-state index in [1.165, 1.54) is 17.0 Å². The van der Waals surface area contributed by atoms with E-state index in [0.29, 0.717) is 30.8 Å². The number of aliphatic hydroxyl groups is 1. The van der Waals surface area contributed by atoms with Crippen molar-refractivity contribution < 1.29 is 33.0 Å². The van der Waals surface area contributed by atoms with Crippen molar-refractivity contribution in [2.24, 2.45) is 5.92 Å². The highest BCUT2D eigenvalue weighted by Crippen LogP contribution is 2.42. The van der Waals surface area contributed by atoms with E-state index in [9.17, 15) is 23.5 Å². The first-order valence-corrected chi connectivity index (χ1v) is 15.5. The Balaban J connectivity index is 1.64. The van der Waals surface area contributed by atoms with Crippen LogP contribution in [-0.2, 0) is 20.7 Å². The van der Waals surface area contributed by atoms with Crippen LogP contribution in [0.25, 0.3) is 0 Å². The SMILES string of the molecule is CCCCC(C)C(=O)N(C)[C@H]1CC=CCO[C@@H]2C[C@H](NC[C@@H](O)[C@H](Cc3cc(F)cc(F)c3)NC1=O)c1cc(OC)ccc12. The molecule has 2 aromatic carbocycles. The van der Waals surface area contributed by atoms with Crippen LogP contribution in [0, 0.1) is 17.6 Å². The number of halogens is 2. The molecule has 1 heterocycles. The first-order valence-electron chi connectivity index (χ1n) is 15.5. The highest BCUT2D eigenvalue weighted by Gasteiger charge is 2.35. The highest BCUT2D eigenvalue weighted by atomic mass is 19.1. The Labute approximate surface area is 258 Å². The summed E-state index contributed by atoms with van der Waals surface area (Å²) >= 11 is 0. The summed E-state index contributed by atoms with van der Waals surface area (Å²) in [6, 6.07) is 7.09. The lowest BCUT2D eigenvalue weighted by atomic mass is 9.98. The summed E-state index contributed by atoms with van der Waals surface area (Å²) in [7, 11) is 3.22. The minimum atomic E-state index is -1.12. The zero-order chi connectivity index (χ0) is 31.8. The zero-order valence-corrected chi connectivity index (χ0v) is 26.0. The second-order valence-corrected chi connectivity index (χ2v) is 11.9. The molecule has 0 saturated carbocycles. The van der Waals surface area contributed by atoms with E-state index in [1.54, 1.807) is 14.2 Å². The minimum Gasteiger partial charge on any atom is -0.497 e. The summed E-state index contributed by atoms with van der Waals surface area (Å²) in [6.07, 6.45) is 5.79. The number of unbranched alkanes of at least 4 members (excludes halogenated alkanes) is 1. The number of hydrogen-bond acceptors (Lipinski definition) is 6. The molecule has 0 radical (unpaired) electrons. The molecule has 2 amide bonds. The van der Waals surface area contributed by atoms with Crippen molar-refractivity contribution in [2.75, 3.05) is 27.3 Å². The summed E-state index contributed by atoms with van der Waals surface area (Å²) in [5.74, 6) is -1.64. The number of fused-ring (bicyclic) bond motifs is 5. The van der Waals surface area contributed by atoms with Gasteiger partial charge in [-0.1, -0.05) is 44.9 Å². The Kier molecular flexibility index (Phi) is 11.9. The number of methoxy groups -OCH3 is 1. The van der Waals surface area contributed by atoms with Gasteiger partial charge in [-0.3, -0.25) is 9.59 Å². The maximum atomic E-state index is 14.1. The van der Waals surface area contributed by atoms with E-state index < -0.39 is 35.7 Å². The van der Waals surface area contributed by atoms with E-state index in [1.807, 2.05) is 37.3 Å². The van der Waals surface area contributed by atoms with Crippen LogP contribution in [0.1, 0.15) is 74.8 Å². The van der Waals surface area contributed by atoms with Gasteiger partial charge in [-0.05, 0) is 66.6 Å². The molecule has 1 aliphatic heterocycles. The summed E-state index contributed by atoms with van der Waals surface area (Å²) in [4.78, 5) is 28.6.